The molecule has 0 aliphatic rings. The van der Waals surface area contributed by atoms with E-state index in [1.807, 2.05) is 6.92 Å². The van der Waals surface area contributed by atoms with E-state index in [0.29, 0.717) is 27.8 Å². The number of aryl methyl sites for hydroxylation is 1. The Bertz CT molecular complexity index is 662. The van der Waals surface area contributed by atoms with Crippen LogP contribution in [-0.4, -0.2) is 10.9 Å². The number of benzene rings is 1. The standard InChI is InChI=1S/C14H11BrCl2N2O/c1-2-9-5-8(6-13(17)18-9)14(20)19-10-3-4-11(15)12(16)7-10/h3-7H,2H2,1H3,(H,19,20). The second-order valence-corrected chi connectivity index (χ2v) is 5.76. The molecule has 2 aromatic rings. The lowest BCUT2D eigenvalue weighted by molar-refractivity contribution is 0.102. The minimum Gasteiger partial charge on any atom is -0.322 e. The highest BCUT2D eigenvalue weighted by Gasteiger charge is 2.10. The third-order valence-electron chi connectivity index (χ3n) is 2.65. The summed E-state index contributed by atoms with van der Waals surface area (Å²) in [4.78, 5) is 16.3. The number of hydrogen-bond donors (Lipinski definition) is 1. The number of carbonyl (C=O) groups excluding carboxylic acids is 1. The summed E-state index contributed by atoms with van der Waals surface area (Å²) in [5.74, 6) is -0.248. The van der Waals surface area contributed by atoms with E-state index >= 15 is 0 Å². The molecule has 0 atom stereocenters. The van der Waals surface area contributed by atoms with Crippen LogP contribution in [0, 0.1) is 0 Å². The molecule has 3 nitrogen and oxygen atoms in total. The number of rotatable bonds is 3. The van der Waals surface area contributed by atoms with Crippen LogP contribution >= 0.6 is 39.1 Å². The SMILES string of the molecule is CCc1cc(C(=O)Nc2ccc(Br)c(Cl)c2)cc(Cl)n1. The average molecular weight is 374 g/mol. The van der Waals surface area contributed by atoms with Gasteiger partial charge in [0, 0.05) is 21.4 Å². The van der Waals surface area contributed by atoms with Crippen molar-refractivity contribution in [3.8, 4) is 0 Å². The summed E-state index contributed by atoms with van der Waals surface area (Å²) in [6.07, 6.45) is 0.713. The highest BCUT2D eigenvalue weighted by molar-refractivity contribution is 9.10. The van der Waals surface area contributed by atoms with Crippen molar-refractivity contribution in [2.45, 2.75) is 13.3 Å². The van der Waals surface area contributed by atoms with Gasteiger partial charge in [-0.25, -0.2) is 4.98 Å². The van der Waals surface area contributed by atoms with Gasteiger partial charge in [0.2, 0.25) is 0 Å². The molecule has 0 saturated heterocycles. The molecule has 1 heterocycles. The minimum atomic E-state index is -0.248. The van der Waals surface area contributed by atoms with Gasteiger partial charge in [-0.15, -0.1) is 0 Å². The van der Waals surface area contributed by atoms with Gasteiger partial charge in [0.1, 0.15) is 5.15 Å². The van der Waals surface area contributed by atoms with E-state index in [4.69, 9.17) is 23.2 Å². The number of amides is 1. The van der Waals surface area contributed by atoms with Crippen LogP contribution in [-0.2, 0) is 6.42 Å². The molecule has 0 unspecified atom stereocenters. The van der Waals surface area contributed by atoms with E-state index in [2.05, 4.69) is 26.2 Å². The first-order valence-electron chi connectivity index (χ1n) is 5.92. The third-order valence-corrected chi connectivity index (χ3v) is 4.08. The smallest absolute Gasteiger partial charge is 0.255 e. The molecule has 1 N–H and O–H groups in total. The number of anilines is 1. The fourth-order valence-electron chi connectivity index (χ4n) is 1.64. The van der Waals surface area contributed by atoms with Crippen molar-refractivity contribution in [3.63, 3.8) is 0 Å². The van der Waals surface area contributed by atoms with Gasteiger partial charge in [-0.3, -0.25) is 4.79 Å². The predicted octanol–water partition coefficient (Wildman–Crippen LogP) is 4.97. The molecule has 20 heavy (non-hydrogen) atoms. The van der Waals surface area contributed by atoms with E-state index in [-0.39, 0.29) is 5.91 Å². The molecule has 0 aliphatic carbocycles. The Kier molecular flexibility index (Phi) is 5.02. The summed E-state index contributed by atoms with van der Waals surface area (Å²) < 4.78 is 0.775. The molecule has 0 aliphatic heterocycles. The van der Waals surface area contributed by atoms with Gasteiger partial charge in [0.15, 0.2) is 0 Å². The highest BCUT2D eigenvalue weighted by Crippen LogP contribution is 2.26. The zero-order valence-corrected chi connectivity index (χ0v) is 13.7. The topological polar surface area (TPSA) is 42.0 Å². The first-order valence-corrected chi connectivity index (χ1v) is 7.47. The molecule has 1 aromatic carbocycles. The Morgan fingerprint density at radius 2 is 2.05 bits per heavy atom. The maximum atomic E-state index is 12.2. The fourth-order valence-corrected chi connectivity index (χ4v) is 2.29. The number of nitrogens with zero attached hydrogens (tertiary/aromatic N) is 1. The van der Waals surface area contributed by atoms with Crippen LogP contribution in [0.25, 0.3) is 0 Å². The predicted molar refractivity (Wildman–Crippen MR) is 85.7 cm³/mol. The number of hydrogen-bond acceptors (Lipinski definition) is 2. The number of halogens is 3. The zero-order chi connectivity index (χ0) is 14.7. The minimum absolute atomic E-state index is 0.248. The van der Waals surface area contributed by atoms with E-state index < -0.39 is 0 Å². The van der Waals surface area contributed by atoms with Crippen molar-refractivity contribution < 1.29 is 4.79 Å². The van der Waals surface area contributed by atoms with Crippen molar-refractivity contribution in [3.05, 3.63) is 56.2 Å². The number of carbonyl (C=O) groups is 1. The normalized spacial score (nSPS) is 10.4. The molecule has 0 spiro atoms. The molecule has 2 rings (SSSR count). The van der Waals surface area contributed by atoms with Crippen molar-refractivity contribution in [1.82, 2.24) is 4.98 Å². The largest absolute Gasteiger partial charge is 0.322 e. The molecule has 0 fully saturated rings. The fraction of sp³-hybridized carbons (Fsp3) is 0.143. The molecule has 0 bridgehead atoms. The van der Waals surface area contributed by atoms with Crippen LogP contribution in [0.15, 0.2) is 34.8 Å². The maximum absolute atomic E-state index is 12.2. The summed E-state index contributed by atoms with van der Waals surface area (Å²) in [5.41, 5.74) is 1.87. The van der Waals surface area contributed by atoms with Crippen LogP contribution < -0.4 is 5.32 Å². The molecule has 6 heteroatoms. The van der Waals surface area contributed by atoms with E-state index in [0.717, 1.165) is 10.2 Å². The van der Waals surface area contributed by atoms with E-state index in [1.54, 1.807) is 24.3 Å². The van der Waals surface area contributed by atoms with Crippen LogP contribution in [0.5, 0.6) is 0 Å². The van der Waals surface area contributed by atoms with Gasteiger partial charge in [0.05, 0.1) is 5.02 Å². The molecule has 0 saturated carbocycles. The van der Waals surface area contributed by atoms with Crippen LogP contribution in [0.1, 0.15) is 23.0 Å². The lowest BCUT2D eigenvalue weighted by Gasteiger charge is -2.08. The summed E-state index contributed by atoms with van der Waals surface area (Å²) in [6, 6.07) is 8.47. The van der Waals surface area contributed by atoms with Gasteiger partial charge in [0.25, 0.3) is 5.91 Å². The van der Waals surface area contributed by atoms with Gasteiger partial charge < -0.3 is 5.32 Å². The zero-order valence-electron chi connectivity index (χ0n) is 10.6. The lowest BCUT2D eigenvalue weighted by atomic mass is 10.2. The first kappa shape index (κ1) is 15.3. The van der Waals surface area contributed by atoms with Crippen molar-refractivity contribution in [2.75, 3.05) is 5.32 Å². The Morgan fingerprint density at radius 1 is 1.30 bits per heavy atom. The number of nitrogens with one attached hydrogen (secondary N) is 1. The van der Waals surface area contributed by atoms with E-state index in [9.17, 15) is 4.79 Å². The molecular formula is C14H11BrCl2N2O. The molecule has 0 radical (unpaired) electrons. The van der Waals surface area contributed by atoms with Crippen LogP contribution in [0.3, 0.4) is 0 Å². The van der Waals surface area contributed by atoms with Crippen molar-refractivity contribution >= 4 is 50.7 Å². The molecule has 104 valence electrons. The summed E-state index contributed by atoms with van der Waals surface area (Å²) in [5, 5.41) is 3.62. The second-order valence-electron chi connectivity index (χ2n) is 4.11. The third kappa shape index (κ3) is 3.72. The van der Waals surface area contributed by atoms with Gasteiger partial charge in [-0.1, -0.05) is 30.1 Å². The maximum Gasteiger partial charge on any atom is 0.255 e. The molecular weight excluding hydrogens is 363 g/mol. The summed E-state index contributed by atoms with van der Waals surface area (Å²) in [7, 11) is 0. The monoisotopic (exact) mass is 372 g/mol. The Labute approximate surface area is 135 Å². The Hall–Kier alpha value is -1.10. The quantitative estimate of drug-likeness (QED) is 0.772. The average Bonchev–Trinajstić information content (AvgIpc) is 2.42. The Morgan fingerprint density at radius 3 is 2.70 bits per heavy atom. The number of pyridine rings is 1. The van der Waals surface area contributed by atoms with Crippen LogP contribution in [0.2, 0.25) is 10.2 Å². The summed E-state index contributed by atoms with van der Waals surface area (Å²) in [6.45, 7) is 1.95. The highest BCUT2D eigenvalue weighted by atomic mass is 79.9. The van der Waals surface area contributed by atoms with Gasteiger partial charge in [-0.2, -0.15) is 0 Å². The number of aromatic nitrogens is 1. The second kappa shape index (κ2) is 6.57. The molecule has 1 amide bonds. The van der Waals surface area contributed by atoms with Gasteiger partial charge in [-0.05, 0) is 52.7 Å². The first-order chi connectivity index (χ1) is 9.49. The molecule has 1 aromatic heterocycles. The van der Waals surface area contributed by atoms with Gasteiger partial charge >= 0.3 is 0 Å². The van der Waals surface area contributed by atoms with E-state index in [1.165, 1.54) is 6.07 Å². The van der Waals surface area contributed by atoms with Crippen molar-refractivity contribution in [2.24, 2.45) is 0 Å². The Balaban J connectivity index is 2.23. The van der Waals surface area contributed by atoms with Crippen molar-refractivity contribution in [1.29, 1.82) is 0 Å². The van der Waals surface area contributed by atoms with Crippen LogP contribution in [0.4, 0.5) is 5.69 Å². The lowest BCUT2D eigenvalue weighted by Crippen LogP contribution is -2.12. The summed E-state index contributed by atoms with van der Waals surface area (Å²) >= 11 is 15.2.